The summed E-state index contributed by atoms with van der Waals surface area (Å²) in [6, 6.07) is 0. The van der Waals surface area contributed by atoms with Crippen LogP contribution in [0.2, 0.25) is 10.6 Å². The van der Waals surface area contributed by atoms with Gasteiger partial charge in [0.1, 0.15) is 0 Å². The Labute approximate surface area is 63.6 Å². The minimum absolute atomic E-state index is 1.06. The molecule has 2 aliphatic rings. The van der Waals surface area contributed by atoms with Crippen LogP contribution in [0.5, 0.6) is 0 Å². The third kappa shape index (κ3) is 1.18. The summed E-state index contributed by atoms with van der Waals surface area (Å²) in [7, 11) is 0. The van der Waals surface area contributed by atoms with Gasteiger partial charge in [0.05, 0.1) is 0 Å². The Morgan fingerprint density at radius 3 is 2.00 bits per heavy atom. The summed E-state index contributed by atoms with van der Waals surface area (Å²) in [5.41, 5.74) is 0. The Morgan fingerprint density at radius 2 is 1.44 bits per heavy atom. The van der Waals surface area contributed by atoms with Crippen molar-refractivity contribution in [3.8, 4) is 0 Å². The Morgan fingerprint density at radius 1 is 0.889 bits per heavy atom. The third-order valence-electron chi connectivity index (χ3n) is 2.73. The molecule has 1 heterocycles. The molecule has 0 aromatic rings. The van der Waals surface area contributed by atoms with E-state index in [2.05, 4.69) is 0 Å². The molecule has 2 rings (SSSR count). The van der Waals surface area contributed by atoms with Gasteiger partial charge in [0.15, 0.2) is 0 Å². The summed E-state index contributed by atoms with van der Waals surface area (Å²) in [5.74, 6) is 2.39. The first kappa shape index (κ1) is 6.24. The van der Waals surface area contributed by atoms with E-state index in [0.717, 1.165) is 15.0 Å². The van der Waals surface area contributed by atoms with Crippen LogP contribution in [-0.2, 0) is 0 Å². The Bertz CT molecular complexity index is 88.7. The van der Waals surface area contributed by atoms with Crippen LogP contribution in [0.1, 0.15) is 25.7 Å². The van der Waals surface area contributed by atoms with Gasteiger partial charge in [-0.1, -0.05) is 0 Å². The fourth-order valence-electron chi connectivity index (χ4n) is 2.09. The maximum atomic E-state index is 1.62. The van der Waals surface area contributed by atoms with Crippen molar-refractivity contribution in [2.24, 2.45) is 11.8 Å². The predicted molar refractivity (Wildman–Crippen MR) is 40.8 cm³/mol. The van der Waals surface area contributed by atoms with Gasteiger partial charge in [0, 0.05) is 0 Å². The summed E-state index contributed by atoms with van der Waals surface area (Å²) in [6.45, 7) is 0. The second-order valence-corrected chi connectivity index (χ2v) is 5.60. The van der Waals surface area contributed by atoms with Crippen LogP contribution in [0.4, 0.5) is 0 Å². The van der Waals surface area contributed by atoms with E-state index >= 15 is 0 Å². The van der Waals surface area contributed by atoms with Crippen molar-refractivity contribution in [1.29, 1.82) is 0 Å². The average Bonchev–Trinajstić information content (AvgIpc) is 2.33. The monoisotopic (exact) mass is 190 g/mol. The quantitative estimate of drug-likeness (QED) is 0.513. The summed E-state index contributed by atoms with van der Waals surface area (Å²) in [4.78, 5) is 0. The van der Waals surface area contributed by atoms with Gasteiger partial charge >= 0.3 is 63.1 Å². The molecule has 1 heteroatoms. The van der Waals surface area contributed by atoms with Crippen LogP contribution in [-0.4, -0.2) is 15.0 Å². The molecule has 0 aromatic heterocycles. The van der Waals surface area contributed by atoms with E-state index in [9.17, 15) is 0 Å². The van der Waals surface area contributed by atoms with Crippen LogP contribution in [0.15, 0.2) is 0 Å². The summed E-state index contributed by atoms with van der Waals surface area (Å²) < 4.78 is 0. The molecule has 0 amide bonds. The zero-order valence-corrected chi connectivity index (χ0v) is 7.52. The molecule has 2 fully saturated rings. The molecule has 1 aliphatic heterocycles. The standard InChI is InChI=1S/C8H14Se/c1-2-4-8-6-9-5-7(8)3-1/h7-8H,1-6H2/t7-,8-/m1/s1. The van der Waals surface area contributed by atoms with E-state index in [4.69, 9.17) is 0 Å². The van der Waals surface area contributed by atoms with Gasteiger partial charge in [-0.15, -0.1) is 0 Å². The molecular weight excluding hydrogens is 175 g/mol. The normalized spacial score (nSPS) is 42.7. The predicted octanol–water partition coefficient (Wildman–Crippen LogP) is 2.35. The minimum atomic E-state index is 1.06. The third-order valence-corrected chi connectivity index (χ3v) is 5.52. The first-order chi connectivity index (χ1) is 4.47. The first-order valence-corrected chi connectivity index (χ1v) is 6.47. The molecule has 0 aromatic carbocycles. The summed E-state index contributed by atoms with van der Waals surface area (Å²) >= 11 is 1.06. The molecule has 9 heavy (non-hydrogen) atoms. The van der Waals surface area contributed by atoms with Gasteiger partial charge in [0.2, 0.25) is 0 Å². The van der Waals surface area contributed by atoms with Gasteiger partial charge < -0.3 is 0 Å². The Kier molecular flexibility index (Phi) is 1.83. The van der Waals surface area contributed by atoms with Crippen molar-refractivity contribution in [2.75, 3.05) is 0 Å². The molecule has 0 unspecified atom stereocenters. The molecule has 0 bridgehead atoms. The zero-order chi connectivity index (χ0) is 6.10. The Hall–Kier alpha value is 0.519. The van der Waals surface area contributed by atoms with Crippen molar-refractivity contribution in [1.82, 2.24) is 0 Å². The van der Waals surface area contributed by atoms with E-state index < -0.39 is 0 Å². The second kappa shape index (κ2) is 2.64. The van der Waals surface area contributed by atoms with Crippen molar-refractivity contribution in [3.63, 3.8) is 0 Å². The second-order valence-electron chi connectivity index (χ2n) is 3.34. The van der Waals surface area contributed by atoms with Crippen LogP contribution in [0.25, 0.3) is 0 Å². The molecule has 0 N–H and O–H groups in total. The number of rotatable bonds is 0. The number of hydrogen-bond acceptors (Lipinski definition) is 0. The van der Waals surface area contributed by atoms with Gasteiger partial charge in [-0.3, -0.25) is 0 Å². The summed E-state index contributed by atoms with van der Waals surface area (Å²) in [5, 5.41) is 3.25. The number of hydrogen-bond donors (Lipinski definition) is 0. The van der Waals surface area contributed by atoms with Gasteiger partial charge in [-0.25, -0.2) is 0 Å². The molecule has 52 valence electrons. The van der Waals surface area contributed by atoms with Crippen LogP contribution >= 0.6 is 0 Å². The van der Waals surface area contributed by atoms with Gasteiger partial charge in [0.25, 0.3) is 0 Å². The maximum absolute atomic E-state index is 1.62. The van der Waals surface area contributed by atoms with Gasteiger partial charge in [-0.05, 0) is 0 Å². The molecule has 2 atom stereocenters. The first-order valence-electron chi connectivity index (χ1n) is 4.04. The summed E-state index contributed by atoms with van der Waals surface area (Å²) in [6.07, 6.45) is 6.23. The Balaban J connectivity index is 1.97. The van der Waals surface area contributed by atoms with Crippen LogP contribution in [0.3, 0.4) is 0 Å². The van der Waals surface area contributed by atoms with E-state index in [0.29, 0.717) is 0 Å². The van der Waals surface area contributed by atoms with Crippen molar-refractivity contribution in [3.05, 3.63) is 0 Å². The molecule has 0 spiro atoms. The van der Waals surface area contributed by atoms with Crippen molar-refractivity contribution < 1.29 is 0 Å². The number of fused-ring (bicyclic) bond motifs is 1. The van der Waals surface area contributed by atoms with E-state index in [1.807, 2.05) is 0 Å². The SMILES string of the molecule is C1CC[C@@H]2C[Se]C[C@H]2C1. The fraction of sp³-hybridized carbons (Fsp3) is 1.00. The molecule has 1 saturated carbocycles. The van der Waals surface area contributed by atoms with Crippen LogP contribution in [0, 0.1) is 11.8 Å². The zero-order valence-electron chi connectivity index (χ0n) is 5.81. The molecule has 1 aliphatic carbocycles. The molecular formula is C8H14Se. The van der Waals surface area contributed by atoms with E-state index in [-0.39, 0.29) is 0 Å². The van der Waals surface area contributed by atoms with Crippen LogP contribution < -0.4 is 0 Å². The molecule has 0 radical (unpaired) electrons. The average molecular weight is 189 g/mol. The topological polar surface area (TPSA) is 0 Å². The fourth-order valence-corrected chi connectivity index (χ4v) is 5.49. The van der Waals surface area contributed by atoms with E-state index in [1.54, 1.807) is 23.5 Å². The van der Waals surface area contributed by atoms with Gasteiger partial charge in [-0.2, -0.15) is 0 Å². The van der Waals surface area contributed by atoms with Crippen molar-refractivity contribution in [2.45, 2.75) is 36.3 Å². The van der Waals surface area contributed by atoms with Crippen molar-refractivity contribution >= 4 is 15.0 Å². The molecule has 1 saturated heterocycles. The molecule has 0 nitrogen and oxygen atoms in total. The van der Waals surface area contributed by atoms with E-state index in [1.165, 1.54) is 24.7 Å².